The Morgan fingerprint density at radius 1 is 1.04 bits per heavy atom. The highest BCUT2D eigenvalue weighted by Gasteiger charge is 2.21. The molecule has 3 rings (SSSR count). The number of anilines is 1. The van der Waals surface area contributed by atoms with Crippen LogP contribution in [0.1, 0.15) is 27.2 Å². The number of carboxylic acid groups (broad SMARTS) is 1. The molecular weight excluding hydrogens is 340 g/mol. The molecule has 0 aliphatic heterocycles. The molecule has 1 heterocycles. The molecule has 130 valence electrons. The van der Waals surface area contributed by atoms with E-state index in [1.165, 1.54) is 6.07 Å². The first kappa shape index (κ1) is 17.0. The zero-order valence-electron chi connectivity index (χ0n) is 14.0. The Labute approximate surface area is 145 Å². The second-order valence-electron chi connectivity index (χ2n) is 6.06. The number of rotatable bonds is 4. The van der Waals surface area contributed by atoms with Crippen molar-refractivity contribution in [3.05, 3.63) is 58.8 Å². The number of carbonyl (C=O) groups is 1. The van der Waals surface area contributed by atoms with Crippen molar-refractivity contribution in [2.45, 2.75) is 25.7 Å². The average molecular weight is 357 g/mol. The van der Waals surface area contributed by atoms with E-state index in [4.69, 9.17) is 0 Å². The van der Waals surface area contributed by atoms with Gasteiger partial charge in [0.25, 0.3) is 10.0 Å². The second kappa shape index (κ2) is 5.93. The minimum Gasteiger partial charge on any atom is -0.543 e. The van der Waals surface area contributed by atoms with E-state index in [0.717, 1.165) is 16.7 Å². The molecule has 0 atom stereocenters. The van der Waals surface area contributed by atoms with Crippen LogP contribution in [0.4, 0.5) is 5.69 Å². The average Bonchev–Trinajstić information content (AvgIpc) is 2.87. The normalized spacial score (nSPS) is 11.6. The van der Waals surface area contributed by atoms with Crippen LogP contribution < -0.4 is 9.83 Å². The van der Waals surface area contributed by atoms with Crippen molar-refractivity contribution in [2.24, 2.45) is 0 Å². The van der Waals surface area contributed by atoms with Crippen LogP contribution in [0, 0.1) is 20.8 Å². The lowest BCUT2D eigenvalue weighted by atomic mass is 10.1. The second-order valence-corrected chi connectivity index (χ2v) is 7.75. The number of hydrogen-bond acceptors (Lipinski definition) is 4. The Morgan fingerprint density at radius 3 is 2.40 bits per heavy atom. The number of carboxylic acids is 1. The fraction of sp³-hybridized carbons (Fsp3) is 0.167. The quantitative estimate of drug-likeness (QED) is 0.747. The van der Waals surface area contributed by atoms with Crippen molar-refractivity contribution in [1.29, 1.82) is 0 Å². The van der Waals surface area contributed by atoms with Crippen molar-refractivity contribution in [1.82, 2.24) is 4.98 Å². The van der Waals surface area contributed by atoms with Crippen molar-refractivity contribution < 1.29 is 18.3 Å². The highest BCUT2D eigenvalue weighted by molar-refractivity contribution is 7.92. The van der Waals surface area contributed by atoms with Gasteiger partial charge in [-0.05, 0) is 56.2 Å². The molecule has 7 heteroatoms. The molecule has 0 unspecified atom stereocenters. The highest BCUT2D eigenvalue weighted by atomic mass is 32.2. The van der Waals surface area contributed by atoms with Gasteiger partial charge >= 0.3 is 0 Å². The van der Waals surface area contributed by atoms with Crippen molar-refractivity contribution >= 4 is 32.6 Å². The number of aromatic nitrogens is 1. The third-order valence-electron chi connectivity index (χ3n) is 4.18. The molecule has 2 aromatic carbocycles. The maximum Gasteiger partial charge on any atom is 0.261 e. The van der Waals surface area contributed by atoms with Crippen molar-refractivity contribution in [3.8, 4) is 0 Å². The van der Waals surface area contributed by atoms with E-state index in [2.05, 4.69) is 9.71 Å². The third-order valence-corrected chi connectivity index (χ3v) is 5.53. The van der Waals surface area contributed by atoms with Crippen LogP contribution in [0.2, 0.25) is 0 Å². The molecular formula is C18H17N2O4S-. The van der Waals surface area contributed by atoms with Crippen molar-refractivity contribution in [3.63, 3.8) is 0 Å². The first-order valence-corrected chi connectivity index (χ1v) is 9.11. The third kappa shape index (κ3) is 3.10. The minimum atomic E-state index is -3.94. The Kier molecular flexibility index (Phi) is 4.04. The van der Waals surface area contributed by atoms with E-state index < -0.39 is 16.0 Å². The number of aromatic amines is 1. The number of nitrogens with one attached hydrogen (secondary N) is 2. The summed E-state index contributed by atoms with van der Waals surface area (Å²) in [5.41, 5.74) is 2.88. The summed E-state index contributed by atoms with van der Waals surface area (Å²) in [5.74, 6) is -1.48. The first-order valence-electron chi connectivity index (χ1n) is 7.63. The van der Waals surface area contributed by atoms with Crippen LogP contribution in [0.15, 0.2) is 41.3 Å². The Balaban J connectivity index is 2.15. The van der Waals surface area contributed by atoms with E-state index in [1.807, 2.05) is 20.8 Å². The van der Waals surface area contributed by atoms with Crippen LogP contribution in [0.25, 0.3) is 10.9 Å². The number of carbonyl (C=O) groups excluding carboxylic acids is 1. The Hall–Kier alpha value is -2.80. The molecule has 0 fully saturated rings. The molecule has 0 radical (unpaired) electrons. The van der Waals surface area contributed by atoms with E-state index in [0.29, 0.717) is 10.9 Å². The maximum absolute atomic E-state index is 12.7. The first-order chi connectivity index (χ1) is 11.7. The molecule has 0 bridgehead atoms. The summed E-state index contributed by atoms with van der Waals surface area (Å²) < 4.78 is 27.9. The Bertz CT molecular complexity index is 1100. The maximum atomic E-state index is 12.7. The number of hydrogen-bond donors (Lipinski definition) is 2. The molecule has 3 aromatic rings. The van der Waals surface area contributed by atoms with Gasteiger partial charge in [0.05, 0.1) is 22.2 Å². The van der Waals surface area contributed by atoms with Crippen molar-refractivity contribution in [2.75, 3.05) is 4.72 Å². The fourth-order valence-electron chi connectivity index (χ4n) is 2.64. The lowest BCUT2D eigenvalue weighted by Gasteiger charge is -2.11. The number of fused-ring (bicyclic) bond motifs is 1. The van der Waals surface area contributed by atoms with E-state index in [9.17, 15) is 18.3 Å². The molecule has 25 heavy (non-hydrogen) atoms. The molecule has 1 aromatic heterocycles. The van der Waals surface area contributed by atoms with Gasteiger partial charge in [-0.2, -0.15) is 0 Å². The molecule has 0 aliphatic carbocycles. The number of aromatic carboxylic acids is 1. The summed E-state index contributed by atoms with van der Waals surface area (Å²) in [6, 6.07) is 9.98. The van der Waals surface area contributed by atoms with Gasteiger partial charge in [0.1, 0.15) is 0 Å². The van der Waals surface area contributed by atoms with Crippen LogP contribution in [0.3, 0.4) is 0 Å². The molecule has 0 amide bonds. The van der Waals surface area contributed by atoms with Crippen LogP contribution >= 0.6 is 0 Å². The predicted molar refractivity (Wildman–Crippen MR) is 94.1 cm³/mol. The van der Waals surface area contributed by atoms with Crippen LogP contribution in [-0.2, 0) is 10.0 Å². The van der Waals surface area contributed by atoms with E-state index in [1.54, 1.807) is 30.3 Å². The zero-order valence-corrected chi connectivity index (χ0v) is 14.8. The summed E-state index contributed by atoms with van der Waals surface area (Å²) in [5, 5.41) is 11.9. The number of H-pyrrole nitrogens is 1. The fourth-order valence-corrected chi connectivity index (χ4v) is 3.82. The highest BCUT2D eigenvalue weighted by Crippen LogP contribution is 2.30. The summed E-state index contributed by atoms with van der Waals surface area (Å²) >= 11 is 0. The largest absolute Gasteiger partial charge is 0.543 e. The molecule has 6 nitrogen and oxygen atoms in total. The van der Waals surface area contributed by atoms with Crippen LogP contribution in [0.5, 0.6) is 0 Å². The summed E-state index contributed by atoms with van der Waals surface area (Å²) in [4.78, 5) is 14.2. The summed E-state index contributed by atoms with van der Waals surface area (Å²) in [7, 11) is -3.94. The summed E-state index contributed by atoms with van der Waals surface area (Å²) in [6.07, 6.45) is 0. The lowest BCUT2D eigenvalue weighted by molar-refractivity contribution is -0.255. The van der Waals surface area contributed by atoms with E-state index >= 15 is 0 Å². The minimum absolute atomic E-state index is 0.0167. The zero-order chi connectivity index (χ0) is 18.4. The molecule has 0 aliphatic rings. The number of aryl methyl sites for hydroxylation is 3. The van der Waals surface area contributed by atoms with Gasteiger partial charge in [-0.1, -0.05) is 17.7 Å². The van der Waals surface area contributed by atoms with Gasteiger partial charge in [-0.15, -0.1) is 0 Å². The number of sulfonamides is 1. The lowest BCUT2D eigenvalue weighted by Crippen LogP contribution is -2.25. The molecule has 0 saturated heterocycles. The van der Waals surface area contributed by atoms with Gasteiger partial charge in [0, 0.05) is 10.9 Å². The topological polar surface area (TPSA) is 102 Å². The smallest absolute Gasteiger partial charge is 0.261 e. The SMILES string of the molecule is Cc1ccc2[nH]c(C(=O)[O-])c(NS(=O)(=O)c3ccc(C)c(C)c3)c2c1. The van der Waals surface area contributed by atoms with Gasteiger partial charge in [-0.25, -0.2) is 8.42 Å². The molecule has 2 N–H and O–H groups in total. The monoisotopic (exact) mass is 357 g/mol. The van der Waals surface area contributed by atoms with Crippen LogP contribution in [-0.4, -0.2) is 19.4 Å². The summed E-state index contributed by atoms with van der Waals surface area (Å²) in [6.45, 7) is 5.54. The van der Waals surface area contributed by atoms with E-state index in [-0.39, 0.29) is 16.3 Å². The number of benzene rings is 2. The van der Waals surface area contributed by atoms with Gasteiger partial charge in [-0.3, -0.25) is 4.72 Å². The standard InChI is InChI=1S/C18H18N2O4S/c1-10-4-7-15-14(8-10)16(17(19-15)18(21)22)20-25(23,24)13-6-5-11(2)12(3)9-13/h4-9,19-20H,1-3H3,(H,21,22)/p-1. The van der Waals surface area contributed by atoms with Gasteiger partial charge in [0.15, 0.2) is 0 Å². The molecule has 0 saturated carbocycles. The van der Waals surface area contributed by atoms with Gasteiger partial charge < -0.3 is 14.9 Å². The molecule has 0 spiro atoms. The predicted octanol–water partition coefficient (Wildman–Crippen LogP) is 2.26. The Morgan fingerprint density at radius 2 is 1.76 bits per heavy atom. The van der Waals surface area contributed by atoms with Gasteiger partial charge in [0.2, 0.25) is 0 Å².